The quantitative estimate of drug-likeness (QED) is 0.256. The largest absolute Gasteiger partial charge is 0.355 e. The van der Waals surface area contributed by atoms with Gasteiger partial charge in [0.2, 0.25) is 5.91 Å². The van der Waals surface area contributed by atoms with Crippen molar-refractivity contribution in [3.8, 4) is 22.6 Å². The Hall–Kier alpha value is -4.34. The van der Waals surface area contributed by atoms with E-state index < -0.39 is 5.82 Å². The molecule has 6 rings (SSSR count). The number of amides is 1. The molecule has 1 saturated heterocycles. The lowest BCUT2D eigenvalue weighted by atomic mass is 9.92. The lowest BCUT2D eigenvalue weighted by Gasteiger charge is -2.27. The number of nitrogens with zero attached hydrogens (tertiary/aromatic N) is 5. The van der Waals surface area contributed by atoms with E-state index in [2.05, 4.69) is 35.4 Å². The predicted octanol–water partition coefficient (Wildman–Crippen LogP) is 6.07. The van der Waals surface area contributed by atoms with Crippen LogP contribution in [0.2, 0.25) is 0 Å². The van der Waals surface area contributed by atoms with Gasteiger partial charge in [-0.05, 0) is 48.9 Å². The van der Waals surface area contributed by atoms with E-state index in [9.17, 15) is 4.79 Å². The van der Waals surface area contributed by atoms with Gasteiger partial charge in [0.15, 0.2) is 11.6 Å². The van der Waals surface area contributed by atoms with Crippen LogP contribution in [0.15, 0.2) is 42.9 Å². The maximum Gasteiger partial charge on any atom is 0.224 e. The molecule has 10 heteroatoms. The fourth-order valence-corrected chi connectivity index (χ4v) is 5.18. The number of H-pyrrole nitrogens is 2. The molecule has 0 saturated carbocycles. The fraction of sp³-hybridized carbons (Fsp3) is 0.345. The number of aromatic nitrogens is 6. The molecule has 1 aromatic carbocycles. The third-order valence-electron chi connectivity index (χ3n) is 6.95. The molecule has 5 aromatic rings. The van der Waals surface area contributed by atoms with Gasteiger partial charge in [-0.25, -0.2) is 14.4 Å². The number of carbonyl (C=O) groups excluding carboxylic acids is 1. The summed E-state index contributed by atoms with van der Waals surface area (Å²) >= 11 is 0. The van der Waals surface area contributed by atoms with Gasteiger partial charge >= 0.3 is 0 Å². The Labute approximate surface area is 225 Å². The van der Waals surface area contributed by atoms with Crippen LogP contribution in [-0.2, 0) is 4.79 Å². The van der Waals surface area contributed by atoms with Crippen molar-refractivity contribution in [2.45, 2.75) is 46.5 Å². The Kier molecular flexibility index (Phi) is 6.25. The number of hydrogen-bond donors (Lipinski definition) is 3. The van der Waals surface area contributed by atoms with Gasteiger partial charge in [-0.2, -0.15) is 5.10 Å². The molecule has 0 unspecified atom stereocenters. The summed E-state index contributed by atoms with van der Waals surface area (Å²) in [6.07, 6.45) is 8.76. The zero-order valence-electron chi connectivity index (χ0n) is 22.3. The number of carbonyl (C=O) groups is 1. The minimum atomic E-state index is -0.439. The van der Waals surface area contributed by atoms with Gasteiger partial charge in [0.1, 0.15) is 17.0 Å². The Balaban J connectivity index is 1.37. The Morgan fingerprint density at radius 3 is 2.72 bits per heavy atom. The van der Waals surface area contributed by atoms with Crippen molar-refractivity contribution < 1.29 is 9.18 Å². The monoisotopic (exact) mass is 526 g/mol. The number of pyridine rings is 2. The standard InChI is InChI=1S/C29H31FN8O/c1-29(2,3)14-22(39)33-18-13-17(15-31-16-18)19-7-8-20-23(24(19)30)26(37-36-20)27-34-21-9-10-32-28(25(21)35-27)38-11-5-4-6-12-38/h7-10,13,15-16H,4-6,11-12,14H2,1-3H3,(H,33,39)(H,34,35)(H,36,37). The first-order valence-corrected chi connectivity index (χ1v) is 13.3. The first-order valence-electron chi connectivity index (χ1n) is 13.3. The molecule has 200 valence electrons. The van der Waals surface area contributed by atoms with Gasteiger partial charge in [-0.1, -0.05) is 20.8 Å². The molecule has 0 spiro atoms. The molecule has 9 nitrogen and oxygen atoms in total. The van der Waals surface area contributed by atoms with Crippen LogP contribution >= 0.6 is 0 Å². The fourth-order valence-electron chi connectivity index (χ4n) is 5.18. The van der Waals surface area contributed by atoms with E-state index in [4.69, 9.17) is 4.98 Å². The second-order valence-electron chi connectivity index (χ2n) is 11.3. The highest BCUT2D eigenvalue weighted by Gasteiger charge is 2.22. The van der Waals surface area contributed by atoms with E-state index in [1.165, 1.54) is 6.42 Å². The molecule has 1 aliphatic heterocycles. The van der Waals surface area contributed by atoms with Gasteiger partial charge < -0.3 is 15.2 Å². The number of hydrogen-bond acceptors (Lipinski definition) is 6. The number of aromatic amines is 2. The number of imidazole rings is 1. The van der Waals surface area contributed by atoms with E-state index in [1.54, 1.807) is 36.8 Å². The third kappa shape index (κ3) is 4.94. The summed E-state index contributed by atoms with van der Waals surface area (Å²) in [5.74, 6) is 0.760. The average molecular weight is 527 g/mol. The first kappa shape index (κ1) is 25.0. The molecule has 0 radical (unpaired) electrons. The van der Waals surface area contributed by atoms with Crippen molar-refractivity contribution in [2.75, 3.05) is 23.3 Å². The molecule has 5 heterocycles. The van der Waals surface area contributed by atoms with Crippen LogP contribution in [0.25, 0.3) is 44.6 Å². The van der Waals surface area contributed by atoms with Gasteiger partial charge in [0, 0.05) is 43.0 Å². The van der Waals surface area contributed by atoms with Crippen molar-refractivity contribution in [1.82, 2.24) is 30.1 Å². The molecule has 1 fully saturated rings. The minimum Gasteiger partial charge on any atom is -0.355 e. The maximum absolute atomic E-state index is 16.1. The van der Waals surface area contributed by atoms with Crippen LogP contribution in [0.1, 0.15) is 46.5 Å². The molecule has 0 atom stereocenters. The maximum atomic E-state index is 16.1. The summed E-state index contributed by atoms with van der Waals surface area (Å²) in [7, 11) is 0. The van der Waals surface area contributed by atoms with Crippen molar-refractivity contribution in [2.24, 2.45) is 5.41 Å². The van der Waals surface area contributed by atoms with Crippen molar-refractivity contribution >= 4 is 39.3 Å². The Morgan fingerprint density at radius 2 is 1.92 bits per heavy atom. The predicted molar refractivity (Wildman–Crippen MR) is 151 cm³/mol. The number of fused-ring (bicyclic) bond motifs is 2. The molecule has 39 heavy (non-hydrogen) atoms. The summed E-state index contributed by atoms with van der Waals surface area (Å²) in [6.45, 7) is 7.90. The van der Waals surface area contributed by atoms with E-state index in [0.29, 0.717) is 45.7 Å². The Bertz CT molecular complexity index is 1680. The zero-order valence-corrected chi connectivity index (χ0v) is 22.3. The molecule has 0 bridgehead atoms. The van der Waals surface area contributed by atoms with E-state index in [0.717, 1.165) is 42.8 Å². The average Bonchev–Trinajstić information content (AvgIpc) is 3.53. The van der Waals surface area contributed by atoms with Crippen molar-refractivity contribution in [3.63, 3.8) is 0 Å². The Morgan fingerprint density at radius 1 is 1.10 bits per heavy atom. The number of piperidine rings is 1. The van der Waals surface area contributed by atoms with Gasteiger partial charge in [-0.3, -0.25) is 14.9 Å². The molecule has 0 aliphatic carbocycles. The lowest BCUT2D eigenvalue weighted by molar-refractivity contribution is -0.117. The van der Waals surface area contributed by atoms with E-state index in [1.807, 2.05) is 26.8 Å². The van der Waals surface area contributed by atoms with Crippen molar-refractivity contribution in [1.29, 1.82) is 0 Å². The van der Waals surface area contributed by atoms with Crippen LogP contribution in [-0.4, -0.2) is 49.1 Å². The number of anilines is 2. The summed E-state index contributed by atoms with van der Waals surface area (Å²) in [6, 6.07) is 7.09. The molecule has 3 N–H and O–H groups in total. The number of benzene rings is 1. The van der Waals surface area contributed by atoms with Crippen LogP contribution in [0.5, 0.6) is 0 Å². The van der Waals surface area contributed by atoms with Crippen LogP contribution in [0.4, 0.5) is 15.9 Å². The van der Waals surface area contributed by atoms with E-state index >= 15 is 4.39 Å². The highest BCUT2D eigenvalue weighted by atomic mass is 19.1. The van der Waals surface area contributed by atoms with E-state index in [-0.39, 0.29) is 11.3 Å². The molecule has 1 amide bonds. The van der Waals surface area contributed by atoms with Crippen molar-refractivity contribution in [3.05, 3.63) is 48.7 Å². The summed E-state index contributed by atoms with van der Waals surface area (Å²) in [4.78, 5) is 31.7. The zero-order chi connectivity index (χ0) is 27.1. The minimum absolute atomic E-state index is 0.113. The molecule has 1 aliphatic rings. The second-order valence-corrected chi connectivity index (χ2v) is 11.3. The number of halogens is 1. The molecular formula is C29H31FN8O. The molecule has 4 aromatic heterocycles. The normalized spacial score (nSPS) is 14.3. The summed E-state index contributed by atoms with van der Waals surface area (Å²) < 4.78 is 16.1. The smallest absolute Gasteiger partial charge is 0.224 e. The third-order valence-corrected chi connectivity index (χ3v) is 6.95. The van der Waals surface area contributed by atoms with Crippen LogP contribution in [0, 0.1) is 11.2 Å². The van der Waals surface area contributed by atoms with Crippen LogP contribution in [0.3, 0.4) is 0 Å². The summed E-state index contributed by atoms with van der Waals surface area (Å²) in [5, 5.41) is 10.6. The number of rotatable bonds is 5. The SMILES string of the molecule is CC(C)(C)CC(=O)Nc1cncc(-c2ccc3[nH]nc(-c4nc5c(N6CCCCC6)nccc5[nH]4)c3c2F)c1. The first-order chi connectivity index (χ1) is 18.8. The number of nitrogens with one attached hydrogen (secondary N) is 3. The highest BCUT2D eigenvalue weighted by Crippen LogP contribution is 2.35. The topological polar surface area (TPSA) is 115 Å². The molecular weight excluding hydrogens is 495 g/mol. The lowest BCUT2D eigenvalue weighted by Crippen LogP contribution is -2.30. The van der Waals surface area contributed by atoms with Gasteiger partial charge in [0.05, 0.1) is 28.3 Å². The second kappa shape index (κ2) is 9.76. The van der Waals surface area contributed by atoms with Crippen LogP contribution < -0.4 is 10.2 Å². The van der Waals surface area contributed by atoms with Gasteiger partial charge in [-0.15, -0.1) is 0 Å². The summed E-state index contributed by atoms with van der Waals surface area (Å²) in [5.41, 5.74) is 3.82. The van der Waals surface area contributed by atoms with Gasteiger partial charge in [0.25, 0.3) is 0 Å². The highest BCUT2D eigenvalue weighted by molar-refractivity contribution is 5.98.